The molecule has 3 heterocycles. The number of carbonyl (C=O) groups is 1. The predicted octanol–water partition coefficient (Wildman–Crippen LogP) is 3.39. The number of rotatable bonds is 4. The average molecular weight is 441 g/mol. The molecule has 4 aromatic rings. The highest BCUT2D eigenvalue weighted by atomic mass is 16.6. The molecule has 9 nitrogen and oxygen atoms in total. The Morgan fingerprint density at radius 1 is 1.24 bits per heavy atom. The van der Waals surface area contributed by atoms with Crippen LogP contribution in [0.4, 0.5) is 5.82 Å². The molecule has 0 aliphatic carbocycles. The fourth-order valence-corrected chi connectivity index (χ4v) is 3.72. The molecule has 1 N–H and O–H groups in total. The third kappa shape index (κ3) is 3.57. The van der Waals surface area contributed by atoms with E-state index in [4.69, 9.17) is 19.2 Å². The highest BCUT2D eigenvalue weighted by Crippen LogP contribution is 2.32. The molecule has 2 aromatic heterocycles. The molecule has 5 rings (SSSR count). The largest absolute Gasteiger partial charge is 0.494 e. The third-order valence-electron chi connectivity index (χ3n) is 5.37. The van der Waals surface area contributed by atoms with E-state index in [1.807, 2.05) is 37.3 Å². The zero-order valence-corrected chi connectivity index (χ0v) is 17.9. The topological polar surface area (TPSA) is 111 Å². The Morgan fingerprint density at radius 3 is 2.85 bits per heavy atom. The SMILES string of the molecule is COc1cccc2c(C)cc(-n3ncc(C#N)c3NC(=O)C3COc4ccccc4O3)nc12. The summed E-state index contributed by atoms with van der Waals surface area (Å²) >= 11 is 0. The van der Waals surface area contributed by atoms with Crippen molar-refractivity contribution in [2.24, 2.45) is 0 Å². The molecule has 0 fully saturated rings. The fourth-order valence-electron chi connectivity index (χ4n) is 3.72. The van der Waals surface area contributed by atoms with Crippen molar-refractivity contribution in [3.63, 3.8) is 0 Å². The summed E-state index contributed by atoms with van der Waals surface area (Å²) < 4.78 is 18.3. The van der Waals surface area contributed by atoms with Gasteiger partial charge in [0.15, 0.2) is 23.1 Å². The second-order valence-corrected chi connectivity index (χ2v) is 7.44. The molecule has 2 aromatic carbocycles. The van der Waals surface area contributed by atoms with E-state index in [0.29, 0.717) is 28.6 Å². The number of nitriles is 1. The standard InChI is InChI=1S/C24H19N5O4/c1-14-10-21(27-22-16(14)6-5-9-19(22)31-2)29-23(15(11-25)12-26-29)28-24(30)20-13-32-17-7-3-4-8-18(17)33-20/h3-10,12,20H,13H2,1-2H3,(H,28,30). The van der Waals surface area contributed by atoms with Gasteiger partial charge < -0.3 is 19.5 Å². The van der Waals surface area contributed by atoms with Gasteiger partial charge in [0.25, 0.3) is 5.91 Å². The van der Waals surface area contributed by atoms with Crippen molar-refractivity contribution < 1.29 is 19.0 Å². The minimum Gasteiger partial charge on any atom is -0.494 e. The number of carbonyl (C=O) groups excluding carboxylic acids is 1. The van der Waals surface area contributed by atoms with E-state index in [9.17, 15) is 10.1 Å². The lowest BCUT2D eigenvalue weighted by Crippen LogP contribution is -2.40. The first-order valence-electron chi connectivity index (χ1n) is 10.2. The molecule has 0 saturated heterocycles. The number of fused-ring (bicyclic) bond motifs is 2. The van der Waals surface area contributed by atoms with Crippen molar-refractivity contribution >= 4 is 22.6 Å². The van der Waals surface area contributed by atoms with Crippen LogP contribution in [-0.4, -0.2) is 40.5 Å². The maximum Gasteiger partial charge on any atom is 0.270 e. The van der Waals surface area contributed by atoms with Crippen molar-refractivity contribution in [3.8, 4) is 29.1 Å². The Hall–Kier alpha value is -4.58. The minimum absolute atomic E-state index is 0.0450. The van der Waals surface area contributed by atoms with Gasteiger partial charge in [-0.2, -0.15) is 15.0 Å². The Bertz CT molecular complexity index is 1420. The molecule has 0 bridgehead atoms. The predicted molar refractivity (Wildman–Crippen MR) is 120 cm³/mol. The maximum absolute atomic E-state index is 13.0. The Morgan fingerprint density at radius 2 is 2.06 bits per heavy atom. The first kappa shape index (κ1) is 20.3. The number of anilines is 1. The number of amides is 1. The number of methoxy groups -OCH3 is 1. The maximum atomic E-state index is 13.0. The lowest BCUT2D eigenvalue weighted by molar-refractivity contribution is -0.125. The summed E-state index contributed by atoms with van der Waals surface area (Å²) in [5.74, 6) is 1.85. The van der Waals surface area contributed by atoms with Crippen molar-refractivity contribution in [1.82, 2.24) is 14.8 Å². The van der Waals surface area contributed by atoms with Crippen LogP contribution in [0.2, 0.25) is 0 Å². The van der Waals surface area contributed by atoms with Crippen molar-refractivity contribution in [1.29, 1.82) is 5.26 Å². The summed E-state index contributed by atoms with van der Waals surface area (Å²) in [5.41, 5.74) is 1.79. The van der Waals surface area contributed by atoms with Gasteiger partial charge in [0, 0.05) is 5.39 Å². The molecule has 0 saturated carbocycles. The van der Waals surface area contributed by atoms with Gasteiger partial charge in [0.05, 0.1) is 13.3 Å². The number of nitrogens with zero attached hydrogens (tertiary/aromatic N) is 4. The highest BCUT2D eigenvalue weighted by molar-refractivity contribution is 5.95. The van der Waals surface area contributed by atoms with Crippen LogP contribution in [0.1, 0.15) is 11.1 Å². The van der Waals surface area contributed by atoms with Gasteiger partial charge in [-0.15, -0.1) is 0 Å². The summed E-state index contributed by atoms with van der Waals surface area (Å²) in [6, 6.07) is 16.7. The van der Waals surface area contributed by atoms with E-state index >= 15 is 0 Å². The average Bonchev–Trinajstić information content (AvgIpc) is 3.25. The Balaban J connectivity index is 1.50. The van der Waals surface area contributed by atoms with Crippen LogP contribution in [-0.2, 0) is 4.79 Å². The molecule has 164 valence electrons. The van der Waals surface area contributed by atoms with Crippen LogP contribution in [0.25, 0.3) is 16.7 Å². The second kappa shape index (κ2) is 8.16. The Kier molecular flexibility index (Phi) is 5.03. The smallest absolute Gasteiger partial charge is 0.270 e. The number of hydrogen-bond acceptors (Lipinski definition) is 7. The molecular formula is C24H19N5O4. The second-order valence-electron chi connectivity index (χ2n) is 7.44. The van der Waals surface area contributed by atoms with Gasteiger partial charge in [-0.1, -0.05) is 24.3 Å². The van der Waals surface area contributed by atoms with E-state index in [2.05, 4.69) is 16.5 Å². The lowest BCUT2D eigenvalue weighted by atomic mass is 10.1. The van der Waals surface area contributed by atoms with Gasteiger partial charge in [0.2, 0.25) is 6.10 Å². The number of para-hydroxylation sites is 3. The minimum atomic E-state index is -0.888. The molecular weight excluding hydrogens is 422 g/mol. The van der Waals surface area contributed by atoms with Gasteiger partial charge in [-0.3, -0.25) is 4.79 Å². The summed E-state index contributed by atoms with van der Waals surface area (Å²) in [5, 5.41) is 17.6. The number of nitrogens with one attached hydrogen (secondary N) is 1. The Labute approximate surface area is 189 Å². The van der Waals surface area contributed by atoms with Crippen molar-refractivity contribution in [3.05, 3.63) is 65.9 Å². The summed E-state index contributed by atoms with van der Waals surface area (Å²) in [7, 11) is 1.58. The number of ether oxygens (including phenoxy) is 3. The van der Waals surface area contributed by atoms with Gasteiger partial charge in [0.1, 0.15) is 29.5 Å². The van der Waals surface area contributed by atoms with Crippen LogP contribution in [0, 0.1) is 18.3 Å². The van der Waals surface area contributed by atoms with Crippen LogP contribution in [0.3, 0.4) is 0 Å². The molecule has 33 heavy (non-hydrogen) atoms. The quantitative estimate of drug-likeness (QED) is 0.517. The molecule has 1 unspecified atom stereocenters. The number of pyridine rings is 1. The number of aryl methyl sites for hydroxylation is 1. The van der Waals surface area contributed by atoms with Crippen LogP contribution in [0.5, 0.6) is 17.2 Å². The molecule has 0 spiro atoms. The van der Waals surface area contributed by atoms with E-state index in [1.54, 1.807) is 25.3 Å². The molecule has 9 heteroatoms. The number of hydrogen-bond donors (Lipinski definition) is 1. The van der Waals surface area contributed by atoms with E-state index in [-0.39, 0.29) is 18.0 Å². The molecule has 1 aliphatic rings. The van der Waals surface area contributed by atoms with Gasteiger partial charge in [-0.05, 0) is 36.8 Å². The first-order chi connectivity index (χ1) is 16.1. The van der Waals surface area contributed by atoms with Crippen LogP contribution in [0.15, 0.2) is 54.7 Å². The number of benzene rings is 2. The van der Waals surface area contributed by atoms with E-state index in [1.165, 1.54) is 10.9 Å². The molecule has 1 aliphatic heterocycles. The van der Waals surface area contributed by atoms with E-state index < -0.39 is 12.0 Å². The van der Waals surface area contributed by atoms with Crippen molar-refractivity contribution in [2.75, 3.05) is 19.0 Å². The zero-order valence-electron chi connectivity index (χ0n) is 17.9. The van der Waals surface area contributed by atoms with Crippen LogP contribution >= 0.6 is 0 Å². The third-order valence-corrected chi connectivity index (χ3v) is 5.37. The first-order valence-corrected chi connectivity index (χ1v) is 10.2. The molecule has 0 radical (unpaired) electrons. The number of aromatic nitrogens is 3. The lowest BCUT2D eigenvalue weighted by Gasteiger charge is -2.25. The zero-order chi connectivity index (χ0) is 22.9. The summed E-state index contributed by atoms with van der Waals surface area (Å²) in [6.45, 7) is 1.99. The molecule has 1 atom stereocenters. The fraction of sp³-hybridized carbons (Fsp3) is 0.167. The van der Waals surface area contributed by atoms with E-state index in [0.717, 1.165) is 10.9 Å². The highest BCUT2D eigenvalue weighted by Gasteiger charge is 2.29. The normalized spacial score (nSPS) is 14.5. The monoisotopic (exact) mass is 441 g/mol. The molecule has 1 amide bonds. The van der Waals surface area contributed by atoms with Crippen LogP contribution < -0.4 is 19.5 Å². The van der Waals surface area contributed by atoms with Crippen molar-refractivity contribution in [2.45, 2.75) is 13.0 Å². The summed E-state index contributed by atoms with van der Waals surface area (Å²) in [4.78, 5) is 17.7. The van der Waals surface area contributed by atoms with Gasteiger partial charge >= 0.3 is 0 Å². The summed E-state index contributed by atoms with van der Waals surface area (Å²) in [6.07, 6.45) is 0.494. The van der Waals surface area contributed by atoms with Gasteiger partial charge in [-0.25, -0.2) is 4.98 Å².